The summed E-state index contributed by atoms with van der Waals surface area (Å²) >= 11 is 0. The molecule has 1 aromatic heterocycles. The van der Waals surface area contributed by atoms with Crippen molar-refractivity contribution in [2.45, 2.75) is 18.4 Å². The second-order valence-electron chi connectivity index (χ2n) is 7.72. The number of nitrogens with zero attached hydrogens (tertiary/aromatic N) is 3. The largest absolute Gasteiger partial charge is 0.494 e. The third-order valence-corrected chi connectivity index (χ3v) is 6.65. The number of fused-ring (bicyclic) bond motifs is 1. The zero-order chi connectivity index (χ0) is 25.2. The molecule has 0 amide bonds. The maximum Gasteiger partial charge on any atom is 0.276 e. The van der Waals surface area contributed by atoms with Gasteiger partial charge in [0.2, 0.25) is 5.88 Å². The Hall–Kier alpha value is -4.51. The minimum atomic E-state index is -4.24. The van der Waals surface area contributed by atoms with E-state index in [2.05, 4.69) is 5.10 Å². The summed E-state index contributed by atoms with van der Waals surface area (Å²) in [5.41, 5.74) is 0.480. The number of aromatic hydroxyl groups is 1. The first-order chi connectivity index (χ1) is 16.7. The summed E-state index contributed by atoms with van der Waals surface area (Å²) < 4.78 is 26.5. The van der Waals surface area contributed by atoms with Crippen LogP contribution >= 0.6 is 0 Å². The Balaban J connectivity index is 1.73. The first-order valence-corrected chi connectivity index (χ1v) is 11.9. The van der Waals surface area contributed by atoms with Crippen molar-refractivity contribution < 1.29 is 18.4 Å². The molecule has 11 heteroatoms. The lowest BCUT2D eigenvalue weighted by Gasteiger charge is -2.13. The Morgan fingerprint density at radius 3 is 2.40 bits per heavy atom. The van der Waals surface area contributed by atoms with E-state index in [0.29, 0.717) is 16.3 Å². The number of rotatable bonds is 7. The number of pyridine rings is 1. The molecule has 0 saturated heterocycles. The molecule has 2 N–H and O–H groups in total. The summed E-state index contributed by atoms with van der Waals surface area (Å²) in [6, 6.07) is 19.1. The van der Waals surface area contributed by atoms with Crippen molar-refractivity contribution in [1.29, 1.82) is 0 Å². The number of hydrogen-bond donors (Lipinski definition) is 2. The van der Waals surface area contributed by atoms with Crippen LogP contribution in [0.25, 0.3) is 10.8 Å². The fourth-order valence-electron chi connectivity index (χ4n) is 3.62. The van der Waals surface area contributed by atoms with Crippen LogP contribution in [0.15, 0.2) is 87.6 Å². The van der Waals surface area contributed by atoms with Gasteiger partial charge in [0, 0.05) is 22.4 Å². The summed E-state index contributed by atoms with van der Waals surface area (Å²) in [5.74, 6) is -0.383. The lowest BCUT2D eigenvalue weighted by Crippen LogP contribution is -2.23. The summed E-state index contributed by atoms with van der Waals surface area (Å²) in [4.78, 5) is 25.2. The predicted octanol–water partition coefficient (Wildman–Crippen LogP) is 3.28. The van der Waals surface area contributed by atoms with Crippen LogP contribution in [0.1, 0.15) is 16.7 Å². The van der Waals surface area contributed by atoms with Gasteiger partial charge in [0.25, 0.3) is 21.3 Å². The van der Waals surface area contributed by atoms with E-state index in [-0.39, 0.29) is 28.6 Å². The van der Waals surface area contributed by atoms with Gasteiger partial charge in [0.05, 0.1) is 28.1 Å². The van der Waals surface area contributed by atoms with E-state index in [1.807, 2.05) is 35.2 Å². The Bertz CT molecular complexity index is 1630. The highest BCUT2D eigenvalue weighted by Gasteiger charge is 2.20. The van der Waals surface area contributed by atoms with Crippen LogP contribution in [0.3, 0.4) is 0 Å². The second kappa shape index (κ2) is 9.39. The van der Waals surface area contributed by atoms with Crippen LogP contribution in [0.5, 0.6) is 5.88 Å². The van der Waals surface area contributed by atoms with Crippen molar-refractivity contribution >= 4 is 32.7 Å². The number of nitro groups is 1. The van der Waals surface area contributed by atoms with Crippen molar-refractivity contribution in [3.63, 3.8) is 0 Å². The van der Waals surface area contributed by atoms with Gasteiger partial charge in [-0.25, -0.2) is 4.83 Å². The minimum Gasteiger partial charge on any atom is -0.494 e. The Kier molecular flexibility index (Phi) is 6.34. The SMILES string of the molecule is Cc1ccc(S(=O)(=O)N/N=C/c2c(O)n(Cc3ccccc3)c(=O)c3ccccc23)cc1[N+](=O)[O-]. The average Bonchev–Trinajstić information content (AvgIpc) is 2.84. The first-order valence-electron chi connectivity index (χ1n) is 10.4. The molecule has 10 nitrogen and oxygen atoms in total. The molecule has 0 bridgehead atoms. The maximum absolute atomic E-state index is 13.0. The maximum atomic E-state index is 13.0. The summed E-state index contributed by atoms with van der Waals surface area (Å²) in [7, 11) is -4.24. The van der Waals surface area contributed by atoms with Crippen LogP contribution < -0.4 is 10.4 Å². The number of hydrazone groups is 1. The fraction of sp³-hybridized carbons (Fsp3) is 0.0833. The quantitative estimate of drug-likeness (QED) is 0.230. The molecule has 4 aromatic rings. The average molecular weight is 493 g/mol. The van der Waals surface area contributed by atoms with Gasteiger partial charge < -0.3 is 5.11 Å². The van der Waals surface area contributed by atoms with E-state index < -0.39 is 20.5 Å². The number of benzene rings is 3. The van der Waals surface area contributed by atoms with Crippen molar-refractivity contribution in [3.8, 4) is 5.88 Å². The molecule has 0 aliphatic rings. The number of sulfonamides is 1. The van der Waals surface area contributed by atoms with E-state index in [1.165, 1.54) is 23.6 Å². The number of hydrogen-bond acceptors (Lipinski definition) is 7. The molecule has 3 aromatic carbocycles. The van der Waals surface area contributed by atoms with Crippen LogP contribution in [0.4, 0.5) is 5.69 Å². The Labute approximate surface area is 200 Å². The fourth-order valence-corrected chi connectivity index (χ4v) is 4.43. The summed E-state index contributed by atoms with van der Waals surface area (Å²) in [6.45, 7) is 1.59. The van der Waals surface area contributed by atoms with Crippen molar-refractivity contribution in [2.75, 3.05) is 0 Å². The molecular formula is C24H20N4O6S. The molecule has 35 heavy (non-hydrogen) atoms. The zero-order valence-corrected chi connectivity index (χ0v) is 19.3. The normalized spacial score (nSPS) is 11.7. The second-order valence-corrected chi connectivity index (χ2v) is 9.38. The van der Waals surface area contributed by atoms with Crippen molar-refractivity contribution in [1.82, 2.24) is 9.40 Å². The Morgan fingerprint density at radius 1 is 1.06 bits per heavy atom. The number of aryl methyl sites for hydroxylation is 1. The molecular weight excluding hydrogens is 472 g/mol. The van der Waals surface area contributed by atoms with E-state index in [0.717, 1.165) is 17.8 Å². The molecule has 0 fully saturated rings. The van der Waals surface area contributed by atoms with Crippen LogP contribution in [0.2, 0.25) is 0 Å². The van der Waals surface area contributed by atoms with E-state index in [4.69, 9.17) is 0 Å². The molecule has 0 spiro atoms. The standard InChI is InChI=1S/C24H20N4O6S/c1-16-11-12-18(13-22(16)28(31)32)35(33,34)26-25-14-21-19-9-5-6-10-20(19)23(29)27(24(21)30)15-17-7-3-2-4-8-17/h2-14,26,30H,15H2,1H3/b25-14+. The molecule has 178 valence electrons. The van der Waals surface area contributed by atoms with Gasteiger partial charge in [0.15, 0.2) is 0 Å². The van der Waals surface area contributed by atoms with Crippen LogP contribution in [-0.4, -0.2) is 29.2 Å². The van der Waals surface area contributed by atoms with Gasteiger partial charge in [-0.3, -0.25) is 19.5 Å². The van der Waals surface area contributed by atoms with Gasteiger partial charge in [-0.05, 0) is 24.6 Å². The van der Waals surface area contributed by atoms with Crippen LogP contribution in [-0.2, 0) is 16.6 Å². The topological polar surface area (TPSA) is 144 Å². The summed E-state index contributed by atoms with van der Waals surface area (Å²) in [5, 5.41) is 26.5. The minimum absolute atomic E-state index is 0.0932. The van der Waals surface area contributed by atoms with Gasteiger partial charge in [0.1, 0.15) is 0 Å². The molecule has 0 saturated carbocycles. The lowest BCUT2D eigenvalue weighted by molar-refractivity contribution is -0.385. The summed E-state index contributed by atoms with van der Waals surface area (Å²) in [6.07, 6.45) is 1.10. The molecule has 0 aliphatic heterocycles. The third kappa shape index (κ3) is 4.75. The van der Waals surface area contributed by atoms with Gasteiger partial charge in [-0.15, -0.1) is 0 Å². The third-order valence-electron chi connectivity index (χ3n) is 5.43. The zero-order valence-electron chi connectivity index (χ0n) is 18.5. The molecule has 0 radical (unpaired) electrons. The van der Waals surface area contributed by atoms with Crippen molar-refractivity contribution in [3.05, 3.63) is 110 Å². The predicted molar refractivity (Wildman–Crippen MR) is 131 cm³/mol. The smallest absolute Gasteiger partial charge is 0.276 e. The van der Waals surface area contributed by atoms with E-state index >= 15 is 0 Å². The number of aromatic nitrogens is 1. The highest BCUT2D eigenvalue weighted by molar-refractivity contribution is 7.89. The number of nitrogens with one attached hydrogen (secondary N) is 1. The highest BCUT2D eigenvalue weighted by Crippen LogP contribution is 2.25. The van der Waals surface area contributed by atoms with Crippen molar-refractivity contribution in [2.24, 2.45) is 5.10 Å². The van der Waals surface area contributed by atoms with Crippen LogP contribution in [0, 0.1) is 17.0 Å². The lowest BCUT2D eigenvalue weighted by atomic mass is 10.1. The first kappa shape index (κ1) is 23.6. The van der Waals surface area contributed by atoms with E-state index in [9.17, 15) is 28.4 Å². The molecule has 0 aliphatic carbocycles. The van der Waals surface area contributed by atoms with Gasteiger partial charge in [-0.1, -0.05) is 54.6 Å². The molecule has 0 unspecified atom stereocenters. The highest BCUT2D eigenvalue weighted by atomic mass is 32.2. The molecule has 1 heterocycles. The Morgan fingerprint density at radius 2 is 1.71 bits per heavy atom. The van der Waals surface area contributed by atoms with Gasteiger partial charge in [-0.2, -0.15) is 13.5 Å². The monoisotopic (exact) mass is 492 g/mol. The van der Waals surface area contributed by atoms with E-state index in [1.54, 1.807) is 24.3 Å². The van der Waals surface area contributed by atoms with Gasteiger partial charge >= 0.3 is 0 Å². The molecule has 0 atom stereocenters. The number of nitro benzene ring substituents is 1. The molecule has 4 rings (SSSR count).